The van der Waals surface area contributed by atoms with E-state index in [0.29, 0.717) is 43.7 Å². The van der Waals surface area contributed by atoms with Crippen molar-refractivity contribution in [3.05, 3.63) is 53.3 Å². The molecule has 138 valence electrons. The average molecular weight is 361 g/mol. The van der Waals surface area contributed by atoms with E-state index in [1.54, 1.807) is 6.07 Å². The van der Waals surface area contributed by atoms with Gasteiger partial charge in [0.25, 0.3) is 0 Å². The first-order valence-electron chi connectivity index (χ1n) is 9.50. The third-order valence-corrected chi connectivity index (χ3v) is 5.35. The van der Waals surface area contributed by atoms with E-state index in [0.717, 1.165) is 24.1 Å². The van der Waals surface area contributed by atoms with Crippen LogP contribution in [0.1, 0.15) is 35.7 Å². The van der Waals surface area contributed by atoms with Gasteiger partial charge < -0.3 is 9.80 Å². The summed E-state index contributed by atoms with van der Waals surface area (Å²) < 4.78 is 0. The van der Waals surface area contributed by atoms with Gasteiger partial charge in [0.1, 0.15) is 11.8 Å². The second kappa shape index (κ2) is 7.36. The minimum Gasteiger partial charge on any atom is -0.339 e. The molecular weight excluding hydrogens is 338 g/mol. The molecule has 1 aromatic carbocycles. The van der Waals surface area contributed by atoms with Crippen molar-refractivity contribution in [1.29, 1.82) is 5.26 Å². The van der Waals surface area contributed by atoms with Crippen LogP contribution in [0.2, 0.25) is 0 Å². The fourth-order valence-electron chi connectivity index (χ4n) is 3.78. The van der Waals surface area contributed by atoms with Crippen LogP contribution in [-0.2, 0) is 4.79 Å². The van der Waals surface area contributed by atoms with E-state index < -0.39 is 0 Å². The number of carbonyl (C=O) groups excluding carboxylic acids is 1. The van der Waals surface area contributed by atoms with Gasteiger partial charge in [0.05, 0.1) is 5.92 Å². The highest BCUT2D eigenvalue weighted by atomic mass is 16.2. The van der Waals surface area contributed by atoms with Crippen molar-refractivity contribution in [3.63, 3.8) is 0 Å². The van der Waals surface area contributed by atoms with E-state index in [-0.39, 0.29) is 11.8 Å². The number of aryl methyl sites for hydroxylation is 1. The Balaban J connectivity index is 1.45. The van der Waals surface area contributed by atoms with Crippen molar-refractivity contribution < 1.29 is 4.79 Å². The summed E-state index contributed by atoms with van der Waals surface area (Å²) in [6.45, 7) is 4.56. The number of piperazine rings is 1. The highest BCUT2D eigenvalue weighted by molar-refractivity contribution is 5.84. The van der Waals surface area contributed by atoms with Crippen molar-refractivity contribution in [1.82, 2.24) is 14.9 Å². The molecule has 1 amide bonds. The van der Waals surface area contributed by atoms with Crippen molar-refractivity contribution in [3.8, 4) is 6.07 Å². The minimum absolute atomic E-state index is 0.0156. The molecule has 1 aliphatic carbocycles. The molecule has 0 bridgehead atoms. The monoisotopic (exact) mass is 361 g/mol. The van der Waals surface area contributed by atoms with Crippen LogP contribution in [0.15, 0.2) is 36.4 Å². The van der Waals surface area contributed by atoms with Gasteiger partial charge in [-0.1, -0.05) is 30.3 Å². The fraction of sp³-hybridized carbons (Fsp3) is 0.429. The zero-order valence-corrected chi connectivity index (χ0v) is 15.5. The summed E-state index contributed by atoms with van der Waals surface area (Å²) in [5.41, 5.74) is 2.30. The average Bonchev–Trinajstić information content (AvgIpc) is 3.53. The number of benzene rings is 1. The molecule has 6 heteroatoms. The van der Waals surface area contributed by atoms with Gasteiger partial charge in [-0.25, -0.2) is 9.97 Å². The predicted octanol–water partition coefficient (Wildman–Crippen LogP) is 2.50. The van der Waals surface area contributed by atoms with Crippen molar-refractivity contribution in [2.45, 2.75) is 25.7 Å². The third kappa shape index (κ3) is 3.77. The van der Waals surface area contributed by atoms with Crippen LogP contribution in [-0.4, -0.2) is 47.0 Å². The molecule has 0 radical (unpaired) electrons. The van der Waals surface area contributed by atoms with E-state index >= 15 is 0 Å². The zero-order chi connectivity index (χ0) is 18.8. The minimum atomic E-state index is -0.0156. The Bertz CT molecular complexity index is 864. The summed E-state index contributed by atoms with van der Waals surface area (Å²) in [5, 5.41) is 9.12. The molecule has 2 aliphatic rings. The molecule has 2 fully saturated rings. The largest absolute Gasteiger partial charge is 0.339 e. The van der Waals surface area contributed by atoms with E-state index in [9.17, 15) is 4.79 Å². The van der Waals surface area contributed by atoms with E-state index in [1.165, 1.54) is 0 Å². The van der Waals surface area contributed by atoms with Crippen LogP contribution in [0.3, 0.4) is 0 Å². The Morgan fingerprint density at radius 2 is 1.85 bits per heavy atom. The molecule has 1 saturated carbocycles. The van der Waals surface area contributed by atoms with Gasteiger partial charge in [0.15, 0.2) is 0 Å². The van der Waals surface area contributed by atoms with Crippen molar-refractivity contribution in [2.75, 3.05) is 31.1 Å². The lowest BCUT2D eigenvalue weighted by molar-refractivity contribution is -0.133. The van der Waals surface area contributed by atoms with Gasteiger partial charge in [-0.05, 0) is 37.3 Å². The third-order valence-electron chi connectivity index (χ3n) is 5.35. The Hall–Kier alpha value is -2.94. The van der Waals surface area contributed by atoms with Gasteiger partial charge in [-0.3, -0.25) is 4.79 Å². The number of hydrogen-bond donors (Lipinski definition) is 0. The summed E-state index contributed by atoms with van der Waals surface area (Å²) in [5.74, 6) is 1.29. The molecule has 1 saturated heterocycles. The van der Waals surface area contributed by atoms with Crippen LogP contribution < -0.4 is 4.90 Å². The second-order valence-corrected chi connectivity index (χ2v) is 7.34. The molecule has 2 heterocycles. The molecule has 1 aliphatic heterocycles. The fourth-order valence-corrected chi connectivity index (χ4v) is 3.78. The maximum atomic E-state index is 13.2. The molecule has 1 aromatic heterocycles. The molecule has 0 N–H and O–H groups in total. The van der Waals surface area contributed by atoms with E-state index in [2.05, 4.69) is 33.1 Å². The van der Waals surface area contributed by atoms with Gasteiger partial charge in [-0.2, -0.15) is 5.26 Å². The summed E-state index contributed by atoms with van der Waals surface area (Å²) in [7, 11) is 0. The smallest absolute Gasteiger partial charge is 0.230 e. The summed E-state index contributed by atoms with van der Waals surface area (Å²) in [6, 6.07) is 13.9. The molecule has 4 rings (SSSR count). The molecular formula is C21H23N5O. The summed E-state index contributed by atoms with van der Waals surface area (Å²) in [4.78, 5) is 26.0. The molecule has 27 heavy (non-hydrogen) atoms. The highest BCUT2D eigenvalue weighted by Gasteiger charge is 2.39. The van der Waals surface area contributed by atoms with Crippen LogP contribution in [0.25, 0.3) is 0 Å². The van der Waals surface area contributed by atoms with Gasteiger partial charge in [0.2, 0.25) is 11.9 Å². The molecule has 6 nitrogen and oxygen atoms in total. The first kappa shape index (κ1) is 17.5. The lowest BCUT2D eigenvalue weighted by Crippen LogP contribution is -2.50. The number of nitrogens with zero attached hydrogens (tertiary/aromatic N) is 5. The predicted molar refractivity (Wildman–Crippen MR) is 102 cm³/mol. The number of anilines is 1. The maximum Gasteiger partial charge on any atom is 0.230 e. The zero-order valence-electron chi connectivity index (χ0n) is 15.5. The number of aromatic nitrogens is 2. The lowest BCUT2D eigenvalue weighted by Gasteiger charge is -2.36. The Labute approximate surface area is 159 Å². The quantitative estimate of drug-likeness (QED) is 0.837. The Morgan fingerprint density at radius 3 is 2.48 bits per heavy atom. The molecule has 0 spiro atoms. The van der Waals surface area contributed by atoms with Gasteiger partial charge in [0, 0.05) is 31.9 Å². The van der Waals surface area contributed by atoms with Crippen molar-refractivity contribution >= 4 is 11.9 Å². The molecule has 1 unspecified atom stereocenters. The normalized spacial score (nSPS) is 18.1. The van der Waals surface area contributed by atoms with E-state index in [4.69, 9.17) is 5.26 Å². The molecule has 1 atom stereocenters. The number of amides is 1. The number of rotatable bonds is 4. The number of carbonyl (C=O) groups is 1. The van der Waals surface area contributed by atoms with Crippen molar-refractivity contribution in [2.24, 2.45) is 5.92 Å². The Kier molecular flexibility index (Phi) is 4.76. The SMILES string of the molecule is Cc1cc(C#N)nc(N2CCN(C(=O)C(c3ccccc3)C3CC3)CC2)n1. The summed E-state index contributed by atoms with van der Waals surface area (Å²) >= 11 is 0. The van der Waals surface area contributed by atoms with Gasteiger partial charge in [-0.15, -0.1) is 0 Å². The Morgan fingerprint density at radius 1 is 1.15 bits per heavy atom. The summed E-state index contributed by atoms with van der Waals surface area (Å²) in [6.07, 6.45) is 2.28. The second-order valence-electron chi connectivity index (χ2n) is 7.34. The number of nitriles is 1. The standard InChI is InChI=1S/C21H23N5O/c1-15-13-18(14-22)24-21(23-15)26-11-9-25(10-12-26)20(27)19(17-7-8-17)16-5-3-2-4-6-16/h2-6,13,17,19H,7-12H2,1H3. The number of hydrogen-bond acceptors (Lipinski definition) is 5. The molecule has 2 aromatic rings. The van der Waals surface area contributed by atoms with Crippen LogP contribution in [0, 0.1) is 24.2 Å². The van der Waals surface area contributed by atoms with Crippen LogP contribution >= 0.6 is 0 Å². The van der Waals surface area contributed by atoms with Crippen LogP contribution in [0.5, 0.6) is 0 Å². The van der Waals surface area contributed by atoms with Crippen LogP contribution in [0.4, 0.5) is 5.95 Å². The first-order valence-corrected chi connectivity index (χ1v) is 9.50. The maximum absolute atomic E-state index is 13.2. The lowest BCUT2D eigenvalue weighted by atomic mass is 9.92. The van der Waals surface area contributed by atoms with Gasteiger partial charge >= 0.3 is 0 Å². The first-order chi connectivity index (χ1) is 13.2. The highest BCUT2D eigenvalue weighted by Crippen LogP contribution is 2.43. The topological polar surface area (TPSA) is 73.1 Å². The van der Waals surface area contributed by atoms with E-state index in [1.807, 2.05) is 30.0 Å².